The van der Waals surface area contributed by atoms with Crippen LogP contribution in [0.3, 0.4) is 0 Å². The Morgan fingerprint density at radius 3 is 2.33 bits per heavy atom. The number of methoxy groups -OCH3 is 1. The van der Waals surface area contributed by atoms with Gasteiger partial charge in [0.2, 0.25) is 0 Å². The minimum Gasteiger partial charge on any atom is -0.469 e. The maximum absolute atomic E-state index is 10.8. The first-order chi connectivity index (χ1) is 5.65. The molecule has 0 bridgehead atoms. The maximum Gasteiger partial charge on any atom is 0.307 e. The van der Waals surface area contributed by atoms with Crippen molar-refractivity contribution < 1.29 is 9.53 Å². The zero-order valence-electron chi connectivity index (χ0n) is 7.62. The van der Waals surface area contributed by atoms with Crippen LogP contribution in [-0.2, 0) is 9.53 Å². The van der Waals surface area contributed by atoms with Crippen LogP contribution >= 0.6 is 0 Å². The van der Waals surface area contributed by atoms with Crippen molar-refractivity contribution in [2.24, 2.45) is 11.5 Å². The summed E-state index contributed by atoms with van der Waals surface area (Å²) in [6, 6.07) is 0.0347. The molecule has 5 heteroatoms. The van der Waals surface area contributed by atoms with Gasteiger partial charge in [-0.15, -0.1) is 0 Å². The predicted molar refractivity (Wildman–Crippen MR) is 46.0 cm³/mol. The van der Waals surface area contributed by atoms with E-state index in [1.165, 1.54) is 7.11 Å². The molecule has 12 heavy (non-hydrogen) atoms. The summed E-state index contributed by atoms with van der Waals surface area (Å²) < 4.78 is 4.51. The first-order valence-corrected chi connectivity index (χ1v) is 3.86. The molecule has 0 amide bonds. The normalized spacial score (nSPS) is 13.1. The third-order valence-corrected chi connectivity index (χ3v) is 1.78. The van der Waals surface area contributed by atoms with Gasteiger partial charge in [0.05, 0.1) is 13.5 Å². The predicted octanol–water partition coefficient (Wildman–Crippen LogP) is -0.928. The van der Waals surface area contributed by atoms with Crippen LogP contribution < -0.4 is 11.5 Å². The van der Waals surface area contributed by atoms with Gasteiger partial charge in [0.25, 0.3) is 0 Å². The molecule has 0 aromatic carbocycles. The van der Waals surface area contributed by atoms with E-state index in [0.717, 1.165) is 0 Å². The van der Waals surface area contributed by atoms with E-state index in [9.17, 15) is 4.79 Å². The quantitative estimate of drug-likeness (QED) is 0.417. The average molecular weight is 175 g/mol. The van der Waals surface area contributed by atoms with E-state index in [1.807, 2.05) is 6.92 Å². The fourth-order valence-corrected chi connectivity index (χ4v) is 0.888. The third kappa shape index (κ3) is 3.66. The van der Waals surface area contributed by atoms with Crippen LogP contribution in [0.2, 0.25) is 0 Å². The zero-order chi connectivity index (χ0) is 9.56. The highest BCUT2D eigenvalue weighted by Gasteiger charge is 2.14. The Kier molecular flexibility index (Phi) is 5.61. The fraction of sp³-hybridized carbons (Fsp3) is 0.857. The van der Waals surface area contributed by atoms with Crippen LogP contribution in [0.5, 0.6) is 0 Å². The smallest absolute Gasteiger partial charge is 0.307 e. The highest BCUT2D eigenvalue weighted by atomic mass is 16.5. The molecule has 4 N–H and O–H groups in total. The lowest BCUT2D eigenvalue weighted by Gasteiger charge is -2.24. The minimum atomic E-state index is -0.241. The highest BCUT2D eigenvalue weighted by molar-refractivity contribution is 5.69. The molecule has 0 aromatic heterocycles. The Labute approximate surface area is 72.6 Å². The molecular weight excluding hydrogens is 158 g/mol. The molecule has 5 nitrogen and oxygen atoms in total. The van der Waals surface area contributed by atoms with E-state index in [-0.39, 0.29) is 12.0 Å². The largest absolute Gasteiger partial charge is 0.469 e. The number of carbonyl (C=O) groups excluding carboxylic acids is 1. The first kappa shape index (κ1) is 11.4. The Bertz CT molecular complexity index is 137. The van der Waals surface area contributed by atoms with Crippen molar-refractivity contribution in [3.05, 3.63) is 0 Å². The Morgan fingerprint density at radius 2 is 2.00 bits per heavy atom. The third-order valence-electron chi connectivity index (χ3n) is 1.78. The van der Waals surface area contributed by atoms with E-state index in [2.05, 4.69) is 4.74 Å². The van der Waals surface area contributed by atoms with E-state index >= 15 is 0 Å². The van der Waals surface area contributed by atoms with Gasteiger partial charge in [0.15, 0.2) is 0 Å². The van der Waals surface area contributed by atoms with Crippen molar-refractivity contribution in [2.45, 2.75) is 19.4 Å². The van der Waals surface area contributed by atoms with Crippen molar-refractivity contribution in [1.29, 1.82) is 0 Å². The fourth-order valence-electron chi connectivity index (χ4n) is 0.888. The van der Waals surface area contributed by atoms with Crippen molar-refractivity contribution in [2.75, 3.05) is 20.4 Å². The summed E-state index contributed by atoms with van der Waals surface area (Å²) in [5, 5.41) is 0. The number of hydrogen-bond donors (Lipinski definition) is 2. The Hall–Kier alpha value is -0.650. The number of nitrogens with zero attached hydrogens (tertiary/aromatic N) is 1. The minimum absolute atomic E-state index is 0.0347. The molecule has 0 heterocycles. The van der Waals surface area contributed by atoms with Gasteiger partial charge in [0.1, 0.15) is 0 Å². The van der Waals surface area contributed by atoms with Crippen LogP contribution in [0.25, 0.3) is 0 Å². The summed E-state index contributed by atoms with van der Waals surface area (Å²) in [5.41, 5.74) is 10.8. The Balaban J connectivity index is 3.83. The van der Waals surface area contributed by atoms with E-state index in [0.29, 0.717) is 19.8 Å². The van der Waals surface area contributed by atoms with Gasteiger partial charge >= 0.3 is 5.97 Å². The lowest BCUT2D eigenvalue weighted by Crippen LogP contribution is -2.42. The van der Waals surface area contributed by atoms with Gasteiger partial charge in [0, 0.05) is 19.4 Å². The molecule has 0 saturated heterocycles. The van der Waals surface area contributed by atoms with Crippen molar-refractivity contribution >= 4 is 5.97 Å². The summed E-state index contributed by atoms with van der Waals surface area (Å²) in [7, 11) is 1.37. The van der Waals surface area contributed by atoms with Gasteiger partial charge in [-0.3, -0.25) is 9.69 Å². The molecule has 72 valence electrons. The van der Waals surface area contributed by atoms with Crippen LogP contribution in [0.1, 0.15) is 13.3 Å². The molecule has 0 aromatic rings. The SMILES string of the molecule is COC(=O)CC(C)N(CN)CN. The molecule has 0 aliphatic carbocycles. The molecule has 0 saturated carbocycles. The van der Waals surface area contributed by atoms with Crippen LogP contribution in [0.15, 0.2) is 0 Å². The second-order valence-electron chi connectivity index (χ2n) is 2.58. The van der Waals surface area contributed by atoms with Gasteiger partial charge in [-0.05, 0) is 6.92 Å². The Morgan fingerprint density at radius 1 is 1.50 bits per heavy atom. The summed E-state index contributed by atoms with van der Waals surface area (Å²) in [6.45, 7) is 2.60. The van der Waals surface area contributed by atoms with Gasteiger partial charge in [-0.2, -0.15) is 0 Å². The van der Waals surface area contributed by atoms with Gasteiger partial charge < -0.3 is 16.2 Å². The topological polar surface area (TPSA) is 81.6 Å². The number of hydrogen-bond acceptors (Lipinski definition) is 5. The van der Waals surface area contributed by atoms with Crippen molar-refractivity contribution in [3.8, 4) is 0 Å². The van der Waals surface area contributed by atoms with Crippen LogP contribution in [-0.4, -0.2) is 37.4 Å². The molecule has 0 spiro atoms. The molecule has 0 radical (unpaired) electrons. The van der Waals surface area contributed by atoms with E-state index in [4.69, 9.17) is 11.5 Å². The summed E-state index contributed by atoms with van der Waals surface area (Å²) in [4.78, 5) is 12.6. The van der Waals surface area contributed by atoms with Gasteiger partial charge in [-0.1, -0.05) is 0 Å². The molecular formula is C7H17N3O2. The lowest BCUT2D eigenvalue weighted by atomic mass is 10.2. The van der Waals surface area contributed by atoms with E-state index in [1.54, 1.807) is 4.90 Å². The van der Waals surface area contributed by atoms with Crippen LogP contribution in [0.4, 0.5) is 0 Å². The van der Waals surface area contributed by atoms with E-state index < -0.39 is 0 Å². The molecule has 0 rings (SSSR count). The molecule has 1 unspecified atom stereocenters. The average Bonchev–Trinajstić information content (AvgIpc) is 2.06. The van der Waals surface area contributed by atoms with Crippen molar-refractivity contribution in [3.63, 3.8) is 0 Å². The monoisotopic (exact) mass is 175 g/mol. The molecule has 1 atom stereocenters. The maximum atomic E-state index is 10.8. The first-order valence-electron chi connectivity index (χ1n) is 3.86. The molecule has 0 fully saturated rings. The molecule has 0 aliphatic rings. The summed E-state index contributed by atoms with van der Waals surface area (Å²) in [5.74, 6) is -0.241. The number of carbonyl (C=O) groups is 1. The number of nitrogens with two attached hydrogens (primary N) is 2. The number of ether oxygens (including phenoxy) is 1. The summed E-state index contributed by atoms with van der Waals surface area (Å²) >= 11 is 0. The van der Waals surface area contributed by atoms with Crippen molar-refractivity contribution in [1.82, 2.24) is 4.90 Å². The lowest BCUT2D eigenvalue weighted by molar-refractivity contribution is -0.141. The number of esters is 1. The van der Waals surface area contributed by atoms with Crippen LogP contribution in [0, 0.1) is 0 Å². The number of rotatable bonds is 5. The second-order valence-corrected chi connectivity index (χ2v) is 2.58. The zero-order valence-corrected chi connectivity index (χ0v) is 7.62. The highest BCUT2D eigenvalue weighted by Crippen LogP contribution is 2.01. The standard InChI is InChI=1S/C7H17N3O2/c1-6(3-7(11)12-2)10(4-8)5-9/h6H,3-5,8-9H2,1-2H3. The second kappa shape index (κ2) is 5.93. The molecule has 0 aliphatic heterocycles. The summed E-state index contributed by atoms with van der Waals surface area (Å²) in [6.07, 6.45) is 0.324. The van der Waals surface area contributed by atoms with Gasteiger partial charge in [-0.25, -0.2) is 0 Å².